The van der Waals surface area contributed by atoms with E-state index in [4.69, 9.17) is 10.8 Å². The van der Waals surface area contributed by atoms with Gasteiger partial charge in [0, 0.05) is 26.2 Å². The Balaban J connectivity index is 1.90. The van der Waals surface area contributed by atoms with Crippen LogP contribution in [0.4, 0.5) is 17.8 Å². The minimum absolute atomic E-state index is 0.248. The van der Waals surface area contributed by atoms with E-state index in [1.165, 1.54) is 19.3 Å². The average Bonchev–Trinajstić information content (AvgIpc) is 2.47. The molecule has 1 aliphatic rings. The second-order valence-corrected chi connectivity index (χ2v) is 5.08. The van der Waals surface area contributed by atoms with Gasteiger partial charge in [-0.1, -0.05) is 0 Å². The monoisotopic (exact) mass is 280 g/mol. The molecule has 0 bridgehead atoms. The highest BCUT2D eigenvalue weighted by Crippen LogP contribution is 2.17. The Hall–Kier alpha value is -1.63. The first-order chi connectivity index (χ1) is 9.79. The van der Waals surface area contributed by atoms with Crippen molar-refractivity contribution in [1.82, 2.24) is 15.0 Å². The van der Waals surface area contributed by atoms with E-state index < -0.39 is 0 Å². The SMILES string of the molecule is Nc1nc(NCCCCCO)nc(N2CCCCC2)n1. The van der Waals surface area contributed by atoms with Crippen molar-refractivity contribution in [2.75, 3.05) is 42.2 Å². The average molecular weight is 280 g/mol. The molecule has 4 N–H and O–H groups in total. The van der Waals surface area contributed by atoms with Crippen LogP contribution in [0.15, 0.2) is 0 Å². The molecule has 1 aromatic rings. The van der Waals surface area contributed by atoms with Crippen LogP contribution in [0.1, 0.15) is 38.5 Å². The molecule has 0 amide bonds. The zero-order valence-corrected chi connectivity index (χ0v) is 11.9. The standard InChI is InChI=1S/C13H24N6O/c14-11-16-12(15-7-3-1-6-10-20)18-13(17-11)19-8-4-2-5-9-19/h20H,1-10H2,(H3,14,15,16,17,18). The molecule has 0 saturated carbocycles. The Morgan fingerprint density at radius 1 is 1.05 bits per heavy atom. The van der Waals surface area contributed by atoms with Gasteiger partial charge in [0.1, 0.15) is 0 Å². The number of rotatable bonds is 7. The third-order valence-electron chi connectivity index (χ3n) is 3.40. The number of nitrogens with zero attached hydrogens (tertiary/aromatic N) is 4. The normalized spacial score (nSPS) is 15.3. The van der Waals surface area contributed by atoms with Gasteiger partial charge in [-0.15, -0.1) is 0 Å². The molecule has 0 spiro atoms. The Morgan fingerprint density at radius 3 is 2.60 bits per heavy atom. The van der Waals surface area contributed by atoms with Gasteiger partial charge in [-0.25, -0.2) is 0 Å². The highest BCUT2D eigenvalue weighted by molar-refractivity contribution is 5.42. The Kier molecular flexibility index (Phi) is 5.79. The molecular formula is C13H24N6O. The molecule has 0 atom stereocenters. The van der Waals surface area contributed by atoms with Crippen molar-refractivity contribution in [2.45, 2.75) is 38.5 Å². The van der Waals surface area contributed by atoms with Gasteiger partial charge in [0.05, 0.1) is 0 Å². The third-order valence-corrected chi connectivity index (χ3v) is 3.40. The lowest BCUT2D eigenvalue weighted by molar-refractivity contribution is 0.283. The number of anilines is 3. The highest BCUT2D eigenvalue weighted by Gasteiger charge is 2.15. The minimum Gasteiger partial charge on any atom is -0.396 e. The Labute approximate surface area is 119 Å². The van der Waals surface area contributed by atoms with Crippen LogP contribution in [-0.2, 0) is 0 Å². The number of piperidine rings is 1. The second kappa shape index (κ2) is 7.84. The zero-order chi connectivity index (χ0) is 14.2. The van der Waals surface area contributed by atoms with E-state index in [2.05, 4.69) is 25.2 Å². The quantitative estimate of drug-likeness (QED) is 0.641. The van der Waals surface area contributed by atoms with Gasteiger partial charge < -0.3 is 21.1 Å². The fraction of sp³-hybridized carbons (Fsp3) is 0.769. The first-order valence-corrected chi connectivity index (χ1v) is 7.41. The molecular weight excluding hydrogens is 256 g/mol. The van der Waals surface area contributed by atoms with Gasteiger partial charge in [-0.3, -0.25) is 0 Å². The van der Waals surface area contributed by atoms with Crippen molar-refractivity contribution in [3.63, 3.8) is 0 Å². The molecule has 0 aromatic carbocycles. The summed E-state index contributed by atoms with van der Waals surface area (Å²) in [6, 6.07) is 0. The summed E-state index contributed by atoms with van der Waals surface area (Å²) in [5.41, 5.74) is 5.76. The number of hydrogen-bond donors (Lipinski definition) is 3. The number of aliphatic hydroxyl groups is 1. The van der Waals surface area contributed by atoms with E-state index in [0.717, 1.165) is 38.9 Å². The molecule has 1 saturated heterocycles. The lowest BCUT2D eigenvalue weighted by Gasteiger charge is -2.26. The maximum Gasteiger partial charge on any atom is 0.231 e. The van der Waals surface area contributed by atoms with Gasteiger partial charge >= 0.3 is 0 Å². The van der Waals surface area contributed by atoms with E-state index in [1.54, 1.807) is 0 Å². The van der Waals surface area contributed by atoms with E-state index in [-0.39, 0.29) is 12.6 Å². The number of nitrogens with two attached hydrogens (primary N) is 1. The largest absolute Gasteiger partial charge is 0.396 e. The molecule has 7 heteroatoms. The molecule has 1 aliphatic heterocycles. The number of hydrogen-bond acceptors (Lipinski definition) is 7. The number of nitrogens with one attached hydrogen (secondary N) is 1. The van der Waals surface area contributed by atoms with Gasteiger partial charge in [0.2, 0.25) is 17.8 Å². The number of aliphatic hydroxyl groups excluding tert-OH is 1. The van der Waals surface area contributed by atoms with Crippen LogP contribution in [0.5, 0.6) is 0 Å². The van der Waals surface area contributed by atoms with Crippen molar-refractivity contribution in [2.24, 2.45) is 0 Å². The van der Waals surface area contributed by atoms with Crippen LogP contribution in [0, 0.1) is 0 Å². The maximum atomic E-state index is 8.72. The van der Waals surface area contributed by atoms with E-state index in [1.807, 2.05) is 0 Å². The molecule has 0 aliphatic carbocycles. The fourth-order valence-corrected chi connectivity index (χ4v) is 2.31. The lowest BCUT2D eigenvalue weighted by Crippen LogP contribution is -2.31. The first kappa shape index (κ1) is 14.8. The van der Waals surface area contributed by atoms with Crippen LogP contribution in [0.2, 0.25) is 0 Å². The summed E-state index contributed by atoms with van der Waals surface area (Å²) in [4.78, 5) is 14.9. The predicted molar refractivity (Wildman–Crippen MR) is 79.7 cm³/mol. The topological polar surface area (TPSA) is 100 Å². The van der Waals surface area contributed by atoms with E-state index in [0.29, 0.717) is 11.9 Å². The third kappa shape index (κ3) is 4.48. The number of nitrogen functional groups attached to an aromatic ring is 1. The molecule has 1 fully saturated rings. The summed E-state index contributed by atoms with van der Waals surface area (Å²) < 4.78 is 0. The summed E-state index contributed by atoms with van der Waals surface area (Å²) in [5.74, 6) is 1.48. The molecule has 1 aromatic heterocycles. The van der Waals surface area contributed by atoms with E-state index >= 15 is 0 Å². The van der Waals surface area contributed by atoms with E-state index in [9.17, 15) is 0 Å². The smallest absolute Gasteiger partial charge is 0.231 e. The van der Waals surface area contributed by atoms with Crippen molar-refractivity contribution < 1.29 is 5.11 Å². The fourth-order valence-electron chi connectivity index (χ4n) is 2.31. The van der Waals surface area contributed by atoms with Crippen LogP contribution in [0.3, 0.4) is 0 Å². The van der Waals surface area contributed by atoms with Gasteiger partial charge in [0.15, 0.2) is 0 Å². The van der Waals surface area contributed by atoms with Crippen molar-refractivity contribution in [3.8, 4) is 0 Å². The van der Waals surface area contributed by atoms with Crippen LogP contribution in [-0.4, -0.2) is 46.3 Å². The number of aromatic nitrogens is 3. The summed E-state index contributed by atoms with van der Waals surface area (Å²) in [6.07, 6.45) is 6.42. The molecule has 20 heavy (non-hydrogen) atoms. The summed E-state index contributed by atoms with van der Waals surface area (Å²) in [7, 11) is 0. The molecule has 7 nitrogen and oxygen atoms in total. The maximum absolute atomic E-state index is 8.72. The van der Waals surface area contributed by atoms with Crippen LogP contribution < -0.4 is 16.0 Å². The zero-order valence-electron chi connectivity index (χ0n) is 11.9. The summed E-state index contributed by atoms with van der Waals surface area (Å²) >= 11 is 0. The van der Waals surface area contributed by atoms with Crippen LogP contribution in [0.25, 0.3) is 0 Å². The van der Waals surface area contributed by atoms with Crippen molar-refractivity contribution in [3.05, 3.63) is 0 Å². The van der Waals surface area contributed by atoms with Crippen molar-refractivity contribution in [1.29, 1.82) is 0 Å². The van der Waals surface area contributed by atoms with Crippen LogP contribution >= 0.6 is 0 Å². The first-order valence-electron chi connectivity index (χ1n) is 7.41. The molecule has 2 rings (SSSR count). The molecule has 2 heterocycles. The number of unbranched alkanes of at least 4 members (excludes halogenated alkanes) is 2. The molecule has 0 radical (unpaired) electrons. The Morgan fingerprint density at radius 2 is 1.85 bits per heavy atom. The highest BCUT2D eigenvalue weighted by atomic mass is 16.2. The summed E-state index contributed by atoms with van der Waals surface area (Å²) in [6.45, 7) is 3.00. The summed E-state index contributed by atoms with van der Waals surface area (Å²) in [5, 5.41) is 11.9. The molecule has 0 unspecified atom stereocenters. The van der Waals surface area contributed by atoms with Gasteiger partial charge in [0.25, 0.3) is 0 Å². The second-order valence-electron chi connectivity index (χ2n) is 5.08. The minimum atomic E-state index is 0.248. The van der Waals surface area contributed by atoms with Gasteiger partial charge in [-0.2, -0.15) is 15.0 Å². The predicted octanol–water partition coefficient (Wildman–Crippen LogP) is 1.02. The van der Waals surface area contributed by atoms with Crippen molar-refractivity contribution >= 4 is 17.8 Å². The molecule has 112 valence electrons. The lowest BCUT2D eigenvalue weighted by atomic mass is 10.1. The van der Waals surface area contributed by atoms with Gasteiger partial charge in [-0.05, 0) is 38.5 Å². The Bertz CT molecular complexity index is 408.